The lowest BCUT2D eigenvalue weighted by molar-refractivity contribution is 0.602. The smallest absolute Gasteiger partial charge is 0.175 e. The van der Waals surface area contributed by atoms with E-state index in [-0.39, 0.29) is 10.7 Å². The highest BCUT2D eigenvalue weighted by atomic mass is 32.2. The van der Waals surface area contributed by atoms with Gasteiger partial charge in [-0.05, 0) is 48.0 Å². The van der Waals surface area contributed by atoms with Crippen molar-refractivity contribution in [3.8, 4) is 22.4 Å². The van der Waals surface area contributed by atoms with E-state index in [0.29, 0.717) is 0 Å². The van der Waals surface area contributed by atoms with Gasteiger partial charge in [-0.15, -0.1) is 0 Å². The topological polar surface area (TPSA) is 47.0 Å². The third-order valence-electron chi connectivity index (χ3n) is 3.52. The molecular formula is C18H14FNO2S. The summed E-state index contributed by atoms with van der Waals surface area (Å²) in [6.45, 7) is 0. The molecule has 3 rings (SSSR count). The number of hydrogen-bond acceptors (Lipinski definition) is 3. The first-order valence-corrected chi connectivity index (χ1v) is 8.86. The van der Waals surface area contributed by atoms with Crippen LogP contribution in [0.15, 0.2) is 71.8 Å². The van der Waals surface area contributed by atoms with Crippen LogP contribution in [0.2, 0.25) is 0 Å². The lowest BCUT2D eigenvalue weighted by atomic mass is 9.99. The summed E-state index contributed by atoms with van der Waals surface area (Å²) in [6, 6.07) is 16.5. The zero-order valence-electron chi connectivity index (χ0n) is 12.4. The molecule has 0 spiro atoms. The number of nitrogens with zero attached hydrogens (tertiary/aromatic N) is 1. The molecule has 0 unspecified atom stereocenters. The predicted octanol–water partition coefficient (Wildman–Crippen LogP) is 3.96. The molecule has 0 saturated heterocycles. The highest BCUT2D eigenvalue weighted by molar-refractivity contribution is 7.90. The molecule has 0 N–H and O–H groups in total. The van der Waals surface area contributed by atoms with Gasteiger partial charge in [-0.3, -0.25) is 4.98 Å². The van der Waals surface area contributed by atoms with E-state index in [2.05, 4.69) is 4.98 Å². The van der Waals surface area contributed by atoms with Crippen molar-refractivity contribution >= 4 is 9.84 Å². The van der Waals surface area contributed by atoms with Gasteiger partial charge in [-0.2, -0.15) is 0 Å². The quantitative estimate of drug-likeness (QED) is 0.731. The third-order valence-corrected chi connectivity index (χ3v) is 4.65. The predicted molar refractivity (Wildman–Crippen MR) is 88.2 cm³/mol. The number of pyridine rings is 1. The molecule has 0 radical (unpaired) electrons. The Morgan fingerprint density at radius 2 is 1.48 bits per heavy atom. The molecule has 3 aromatic rings. The summed E-state index contributed by atoms with van der Waals surface area (Å²) in [5.74, 6) is -0.302. The number of sulfone groups is 1. The first kappa shape index (κ1) is 15.4. The van der Waals surface area contributed by atoms with E-state index in [9.17, 15) is 12.8 Å². The number of benzene rings is 2. The second-order valence-corrected chi connectivity index (χ2v) is 7.22. The molecule has 5 heteroatoms. The fourth-order valence-electron chi connectivity index (χ4n) is 2.36. The average Bonchev–Trinajstić information content (AvgIpc) is 2.55. The van der Waals surface area contributed by atoms with Gasteiger partial charge >= 0.3 is 0 Å². The summed E-state index contributed by atoms with van der Waals surface area (Å²) in [4.78, 5) is 4.66. The SMILES string of the molecule is CS(=O)(=O)c1ccc(-c2cccnc2-c2ccc(F)cc2)cc1. The van der Waals surface area contributed by atoms with Gasteiger partial charge in [0, 0.05) is 23.6 Å². The summed E-state index contributed by atoms with van der Waals surface area (Å²) in [7, 11) is -3.23. The molecule has 0 saturated carbocycles. The van der Waals surface area contributed by atoms with Crippen molar-refractivity contribution in [2.45, 2.75) is 4.90 Å². The van der Waals surface area contributed by atoms with E-state index in [1.807, 2.05) is 12.1 Å². The molecule has 2 aromatic carbocycles. The highest BCUT2D eigenvalue weighted by Crippen LogP contribution is 2.30. The first-order chi connectivity index (χ1) is 10.9. The van der Waals surface area contributed by atoms with Crippen LogP contribution in [-0.4, -0.2) is 19.7 Å². The van der Waals surface area contributed by atoms with Crippen LogP contribution in [0.25, 0.3) is 22.4 Å². The van der Waals surface area contributed by atoms with Crippen molar-refractivity contribution in [2.75, 3.05) is 6.26 Å². The highest BCUT2D eigenvalue weighted by Gasteiger charge is 2.11. The second-order valence-electron chi connectivity index (χ2n) is 5.20. The second kappa shape index (κ2) is 5.93. The van der Waals surface area contributed by atoms with Gasteiger partial charge in [0.05, 0.1) is 10.6 Å². The number of halogens is 1. The molecule has 0 fully saturated rings. The molecule has 0 aliphatic carbocycles. The van der Waals surface area contributed by atoms with Gasteiger partial charge in [-0.1, -0.05) is 18.2 Å². The van der Waals surface area contributed by atoms with Crippen molar-refractivity contribution < 1.29 is 12.8 Å². The van der Waals surface area contributed by atoms with Gasteiger partial charge in [0.25, 0.3) is 0 Å². The van der Waals surface area contributed by atoms with Crippen molar-refractivity contribution in [1.82, 2.24) is 4.98 Å². The van der Waals surface area contributed by atoms with Gasteiger partial charge in [0.1, 0.15) is 5.82 Å². The zero-order chi connectivity index (χ0) is 16.4. The lowest BCUT2D eigenvalue weighted by Crippen LogP contribution is -1.96. The summed E-state index contributed by atoms with van der Waals surface area (Å²) in [5.41, 5.74) is 3.23. The van der Waals surface area contributed by atoms with Crippen LogP contribution < -0.4 is 0 Å². The maximum absolute atomic E-state index is 13.1. The van der Waals surface area contributed by atoms with Gasteiger partial charge in [0.2, 0.25) is 0 Å². The Kier molecular flexibility index (Phi) is 3.96. The molecule has 1 aromatic heterocycles. The maximum atomic E-state index is 13.1. The molecule has 0 atom stereocenters. The standard InChI is InChI=1S/C18H14FNO2S/c1-23(21,22)16-10-6-13(7-11-16)17-3-2-12-20-18(17)14-4-8-15(19)9-5-14/h2-12H,1H3. The first-order valence-electron chi connectivity index (χ1n) is 6.96. The zero-order valence-corrected chi connectivity index (χ0v) is 13.2. The average molecular weight is 327 g/mol. The monoisotopic (exact) mass is 327 g/mol. The molecule has 0 aliphatic rings. The molecule has 1 heterocycles. The van der Waals surface area contributed by atoms with Crippen molar-refractivity contribution in [1.29, 1.82) is 0 Å². The summed E-state index contributed by atoms with van der Waals surface area (Å²) >= 11 is 0. The molecule has 3 nitrogen and oxygen atoms in total. The molecule has 116 valence electrons. The summed E-state index contributed by atoms with van der Waals surface area (Å²) in [6.07, 6.45) is 2.85. The van der Waals surface area contributed by atoms with Crippen LogP contribution in [0.5, 0.6) is 0 Å². The maximum Gasteiger partial charge on any atom is 0.175 e. The van der Waals surface area contributed by atoms with Crippen LogP contribution in [0.3, 0.4) is 0 Å². The minimum atomic E-state index is -3.23. The van der Waals surface area contributed by atoms with Gasteiger partial charge in [0.15, 0.2) is 9.84 Å². The van der Waals surface area contributed by atoms with Crippen LogP contribution in [0, 0.1) is 5.82 Å². The molecule has 0 bridgehead atoms. The van der Waals surface area contributed by atoms with E-state index >= 15 is 0 Å². The fourth-order valence-corrected chi connectivity index (χ4v) is 2.99. The third kappa shape index (κ3) is 3.29. The van der Waals surface area contributed by atoms with Crippen LogP contribution >= 0.6 is 0 Å². The minimum Gasteiger partial charge on any atom is -0.256 e. The normalized spacial score (nSPS) is 11.4. The van der Waals surface area contributed by atoms with E-state index < -0.39 is 9.84 Å². The van der Waals surface area contributed by atoms with Crippen molar-refractivity contribution in [3.63, 3.8) is 0 Å². The Morgan fingerprint density at radius 1 is 0.870 bits per heavy atom. The van der Waals surface area contributed by atoms with Crippen molar-refractivity contribution in [2.24, 2.45) is 0 Å². The molecule has 0 amide bonds. The fraction of sp³-hybridized carbons (Fsp3) is 0.0556. The largest absolute Gasteiger partial charge is 0.256 e. The molecule has 0 aliphatic heterocycles. The Labute approximate surface area is 134 Å². The number of aromatic nitrogens is 1. The summed E-state index contributed by atoms with van der Waals surface area (Å²) in [5, 5.41) is 0. The Balaban J connectivity index is 2.09. The molecule has 23 heavy (non-hydrogen) atoms. The Hall–Kier alpha value is -2.53. The van der Waals surface area contributed by atoms with Crippen LogP contribution in [0.1, 0.15) is 0 Å². The Bertz CT molecular complexity index is 934. The number of rotatable bonds is 3. The van der Waals surface area contributed by atoms with Gasteiger partial charge < -0.3 is 0 Å². The van der Waals surface area contributed by atoms with E-state index in [4.69, 9.17) is 0 Å². The minimum absolute atomic E-state index is 0.272. The van der Waals surface area contributed by atoms with E-state index in [0.717, 1.165) is 22.4 Å². The van der Waals surface area contributed by atoms with E-state index in [1.165, 1.54) is 18.4 Å². The summed E-state index contributed by atoms with van der Waals surface area (Å²) < 4.78 is 36.2. The van der Waals surface area contributed by atoms with Crippen LogP contribution in [0.4, 0.5) is 4.39 Å². The van der Waals surface area contributed by atoms with Gasteiger partial charge in [-0.25, -0.2) is 12.8 Å². The van der Waals surface area contributed by atoms with Crippen molar-refractivity contribution in [3.05, 3.63) is 72.7 Å². The lowest BCUT2D eigenvalue weighted by Gasteiger charge is -2.09. The number of hydrogen-bond donors (Lipinski definition) is 0. The Morgan fingerprint density at radius 3 is 2.09 bits per heavy atom. The van der Waals surface area contributed by atoms with E-state index in [1.54, 1.807) is 42.6 Å². The molecular weight excluding hydrogens is 313 g/mol. The van der Waals surface area contributed by atoms with Crippen LogP contribution in [-0.2, 0) is 9.84 Å².